The first-order chi connectivity index (χ1) is 12.1. The van der Waals surface area contributed by atoms with Gasteiger partial charge in [-0.2, -0.15) is 26.3 Å². The maximum absolute atomic E-state index is 9.22. The molecule has 120 valence electrons. The molecule has 0 aliphatic rings. The zero-order valence-corrected chi connectivity index (χ0v) is 14.0. The van der Waals surface area contributed by atoms with Gasteiger partial charge < -0.3 is 0 Å². The number of rotatable bonds is 6. The number of hydrogen-bond acceptors (Lipinski definition) is 5. The van der Waals surface area contributed by atoms with Crippen LogP contribution < -0.4 is 0 Å². The molecular weight excluding hydrogens is 310 g/mol. The van der Waals surface area contributed by atoms with Crippen LogP contribution in [0.15, 0.2) is 70.4 Å². The SMILES string of the molecule is CC=C/C(C#N)=C/C(C#N)=C/C(C#N)=C/C(C#N)=C/C(C#N)=C/CC. The lowest BCUT2D eigenvalue weighted by atomic mass is 10.1. The summed E-state index contributed by atoms with van der Waals surface area (Å²) in [6.45, 7) is 3.60. The fraction of sp³-hybridized carbons (Fsp3) is 0.150. The number of nitrogens with zero attached hydrogens (tertiary/aromatic N) is 5. The second-order valence-corrected chi connectivity index (χ2v) is 4.53. The van der Waals surface area contributed by atoms with Crippen LogP contribution in [0.1, 0.15) is 20.3 Å². The highest BCUT2D eigenvalue weighted by Crippen LogP contribution is 2.11. The first-order valence-corrected chi connectivity index (χ1v) is 7.28. The highest BCUT2D eigenvalue weighted by atomic mass is 14.3. The number of hydrogen-bond donors (Lipinski definition) is 0. The van der Waals surface area contributed by atoms with Crippen LogP contribution in [0, 0.1) is 56.7 Å². The van der Waals surface area contributed by atoms with Gasteiger partial charge in [-0.25, -0.2) is 0 Å². The molecule has 0 spiro atoms. The smallest absolute Gasteiger partial charge is 0.0992 e. The summed E-state index contributed by atoms with van der Waals surface area (Å²) in [5.41, 5.74) is 0.860. The molecule has 0 fully saturated rings. The third-order valence-electron chi connectivity index (χ3n) is 2.66. The first-order valence-electron chi connectivity index (χ1n) is 7.28. The maximum Gasteiger partial charge on any atom is 0.0992 e. The van der Waals surface area contributed by atoms with Crippen molar-refractivity contribution in [2.24, 2.45) is 0 Å². The standard InChI is InChI=1S/C20H15N5/c1-3-5-16(11-21)7-18(13-23)9-20(15-25)10-19(14-24)8-17(12-22)6-4-2/h3,5-10H,4H2,1-2H3/b5-3?,16-7-,17-6-,18-9-,19-8-,20-10-. The third-order valence-corrected chi connectivity index (χ3v) is 2.66. The zero-order chi connectivity index (χ0) is 19.1. The van der Waals surface area contributed by atoms with E-state index in [2.05, 4.69) is 0 Å². The van der Waals surface area contributed by atoms with E-state index in [1.54, 1.807) is 19.1 Å². The van der Waals surface area contributed by atoms with Crippen molar-refractivity contribution in [2.75, 3.05) is 0 Å². The van der Waals surface area contributed by atoms with Crippen molar-refractivity contribution in [3.8, 4) is 30.3 Å². The Kier molecular flexibility index (Phi) is 10.4. The predicted molar refractivity (Wildman–Crippen MR) is 93.6 cm³/mol. The third kappa shape index (κ3) is 8.18. The molecule has 25 heavy (non-hydrogen) atoms. The average molecular weight is 325 g/mol. The van der Waals surface area contributed by atoms with E-state index in [9.17, 15) is 5.26 Å². The van der Waals surface area contributed by atoms with Gasteiger partial charge in [-0.1, -0.05) is 19.1 Å². The van der Waals surface area contributed by atoms with Gasteiger partial charge in [0.15, 0.2) is 0 Å². The Morgan fingerprint density at radius 2 is 1.00 bits per heavy atom. The van der Waals surface area contributed by atoms with Crippen LogP contribution in [-0.2, 0) is 0 Å². The van der Waals surface area contributed by atoms with Gasteiger partial charge in [0, 0.05) is 5.57 Å². The summed E-state index contributed by atoms with van der Waals surface area (Å²) >= 11 is 0. The molecule has 0 bridgehead atoms. The highest BCUT2D eigenvalue weighted by Gasteiger charge is 2.01. The molecule has 0 aliphatic carbocycles. The van der Waals surface area contributed by atoms with Crippen molar-refractivity contribution in [3.05, 3.63) is 70.4 Å². The highest BCUT2D eigenvalue weighted by molar-refractivity contribution is 5.54. The van der Waals surface area contributed by atoms with Gasteiger partial charge in [0.05, 0.1) is 52.6 Å². The van der Waals surface area contributed by atoms with Gasteiger partial charge in [-0.05, 0) is 43.7 Å². The second-order valence-electron chi connectivity index (χ2n) is 4.53. The minimum Gasteiger partial charge on any atom is -0.192 e. The molecule has 0 aromatic rings. The lowest BCUT2D eigenvalue weighted by Crippen LogP contribution is -1.84. The van der Waals surface area contributed by atoms with Crippen LogP contribution in [0.25, 0.3) is 0 Å². The molecule has 0 rings (SSSR count). The van der Waals surface area contributed by atoms with Crippen LogP contribution >= 0.6 is 0 Å². The Morgan fingerprint density at radius 1 is 0.640 bits per heavy atom. The van der Waals surface area contributed by atoms with Gasteiger partial charge >= 0.3 is 0 Å². The maximum atomic E-state index is 9.22. The van der Waals surface area contributed by atoms with Crippen LogP contribution in [-0.4, -0.2) is 0 Å². The molecule has 0 saturated carbocycles. The molecular formula is C20H15N5. The van der Waals surface area contributed by atoms with Gasteiger partial charge in [0.2, 0.25) is 0 Å². The minimum atomic E-state index is 0.0622. The van der Waals surface area contributed by atoms with E-state index >= 15 is 0 Å². The van der Waals surface area contributed by atoms with Gasteiger partial charge in [-0.3, -0.25) is 0 Å². The molecule has 5 nitrogen and oxygen atoms in total. The van der Waals surface area contributed by atoms with Crippen LogP contribution in [0.4, 0.5) is 0 Å². The van der Waals surface area contributed by atoms with Crippen LogP contribution in [0.3, 0.4) is 0 Å². The summed E-state index contributed by atoms with van der Waals surface area (Å²) in [4.78, 5) is 0. The molecule has 0 aromatic heterocycles. The Morgan fingerprint density at radius 3 is 1.32 bits per heavy atom. The van der Waals surface area contributed by atoms with Crippen molar-refractivity contribution < 1.29 is 0 Å². The molecule has 0 amide bonds. The number of allylic oxidation sites excluding steroid dienone is 12. The fourth-order valence-corrected chi connectivity index (χ4v) is 1.64. The molecule has 0 aliphatic heterocycles. The van der Waals surface area contributed by atoms with E-state index in [1.807, 2.05) is 37.3 Å². The molecule has 0 unspecified atom stereocenters. The molecule has 0 aromatic carbocycles. The summed E-state index contributed by atoms with van der Waals surface area (Å²) in [7, 11) is 0. The van der Waals surface area contributed by atoms with Crippen molar-refractivity contribution in [1.82, 2.24) is 0 Å². The quantitative estimate of drug-likeness (QED) is 0.535. The van der Waals surface area contributed by atoms with Crippen molar-refractivity contribution in [1.29, 1.82) is 26.3 Å². The van der Waals surface area contributed by atoms with E-state index in [4.69, 9.17) is 21.0 Å². The molecule has 5 heteroatoms. The molecule has 0 radical (unpaired) electrons. The Labute approximate surface area is 147 Å². The van der Waals surface area contributed by atoms with Crippen molar-refractivity contribution in [2.45, 2.75) is 20.3 Å². The second kappa shape index (κ2) is 12.4. The summed E-state index contributed by atoms with van der Waals surface area (Å²) in [5.74, 6) is 0. The fourth-order valence-electron chi connectivity index (χ4n) is 1.64. The van der Waals surface area contributed by atoms with E-state index in [0.717, 1.165) is 0 Å². The molecule has 0 heterocycles. The molecule has 0 atom stereocenters. The normalized spacial score (nSPS) is 13.4. The topological polar surface area (TPSA) is 119 Å². The Balaban J connectivity index is 6.02. The largest absolute Gasteiger partial charge is 0.192 e. The summed E-state index contributed by atoms with van der Waals surface area (Å²) in [6.07, 6.45) is 10.8. The van der Waals surface area contributed by atoms with E-state index in [-0.39, 0.29) is 22.3 Å². The van der Waals surface area contributed by atoms with E-state index in [0.29, 0.717) is 12.0 Å². The van der Waals surface area contributed by atoms with E-state index in [1.165, 1.54) is 30.4 Å². The average Bonchev–Trinajstić information content (AvgIpc) is 2.64. The van der Waals surface area contributed by atoms with Crippen molar-refractivity contribution in [3.63, 3.8) is 0 Å². The van der Waals surface area contributed by atoms with Gasteiger partial charge in [0.25, 0.3) is 0 Å². The van der Waals surface area contributed by atoms with Crippen LogP contribution in [0.5, 0.6) is 0 Å². The Bertz CT molecular complexity index is 886. The van der Waals surface area contributed by atoms with E-state index < -0.39 is 0 Å². The predicted octanol–water partition coefficient (Wildman–Crippen LogP) is 4.22. The van der Waals surface area contributed by atoms with Gasteiger partial charge in [0.1, 0.15) is 0 Å². The monoisotopic (exact) mass is 325 g/mol. The first kappa shape index (κ1) is 20.9. The molecule has 0 N–H and O–H groups in total. The molecule has 0 saturated heterocycles. The zero-order valence-electron chi connectivity index (χ0n) is 14.0. The lowest BCUT2D eigenvalue weighted by molar-refractivity contribution is 1.21. The summed E-state index contributed by atoms with van der Waals surface area (Å²) < 4.78 is 0. The lowest BCUT2D eigenvalue weighted by Gasteiger charge is -1.94. The number of nitriles is 5. The minimum absolute atomic E-state index is 0.0622. The van der Waals surface area contributed by atoms with Crippen LogP contribution in [0.2, 0.25) is 0 Å². The summed E-state index contributed by atoms with van der Waals surface area (Å²) in [5, 5.41) is 45.5. The van der Waals surface area contributed by atoms with Gasteiger partial charge in [-0.15, -0.1) is 0 Å². The van der Waals surface area contributed by atoms with Crippen molar-refractivity contribution >= 4 is 0 Å². The Hall–Kier alpha value is -4.11. The summed E-state index contributed by atoms with van der Waals surface area (Å²) in [6, 6.07) is 9.58.